The number of aryl methyl sites for hydroxylation is 1. The standard InChI is InChI=1S/C21H19Cl2N3O3/c1-29-18-5-2-4-14(10-18)19-7-8-21(28)26(25-19)9-3-6-20(27)24-17-12-15(22)11-16(23)13-17/h2,4-5,7-8,10-13H,3,6,9H2,1H3,(H,24,27). The van der Waals surface area contributed by atoms with Crippen molar-refractivity contribution in [2.24, 2.45) is 0 Å². The molecule has 0 spiro atoms. The second-order valence-electron chi connectivity index (χ2n) is 6.32. The molecule has 0 unspecified atom stereocenters. The number of nitrogens with zero attached hydrogens (tertiary/aromatic N) is 2. The average Bonchev–Trinajstić information content (AvgIpc) is 2.68. The molecule has 3 rings (SSSR count). The molecular weight excluding hydrogens is 413 g/mol. The van der Waals surface area contributed by atoms with Crippen LogP contribution in [0.15, 0.2) is 59.4 Å². The van der Waals surface area contributed by atoms with Crippen LogP contribution in [-0.2, 0) is 11.3 Å². The Bertz CT molecular complexity index is 1060. The number of nitrogens with one attached hydrogen (secondary N) is 1. The minimum absolute atomic E-state index is 0.194. The predicted molar refractivity (Wildman–Crippen MR) is 115 cm³/mol. The SMILES string of the molecule is COc1cccc(-c2ccc(=O)n(CCCC(=O)Nc3cc(Cl)cc(Cl)c3)n2)c1. The average molecular weight is 432 g/mol. The maximum Gasteiger partial charge on any atom is 0.266 e. The summed E-state index contributed by atoms with van der Waals surface area (Å²) in [5.74, 6) is 0.514. The summed E-state index contributed by atoms with van der Waals surface area (Å²) in [5.41, 5.74) is 1.80. The Labute approximate surface area is 178 Å². The molecule has 3 aromatic rings. The first kappa shape index (κ1) is 20.9. The number of hydrogen-bond acceptors (Lipinski definition) is 4. The highest BCUT2D eigenvalue weighted by Gasteiger charge is 2.08. The molecule has 0 aliphatic carbocycles. The maximum absolute atomic E-state index is 12.2. The van der Waals surface area contributed by atoms with Crippen LogP contribution in [0.5, 0.6) is 5.75 Å². The summed E-state index contributed by atoms with van der Waals surface area (Å²) in [7, 11) is 1.59. The van der Waals surface area contributed by atoms with Crippen LogP contribution in [0.25, 0.3) is 11.3 Å². The molecule has 150 valence electrons. The Kier molecular flexibility index (Phi) is 6.90. The van der Waals surface area contributed by atoms with Crippen LogP contribution in [0.3, 0.4) is 0 Å². The minimum Gasteiger partial charge on any atom is -0.497 e. The zero-order valence-corrected chi connectivity index (χ0v) is 17.2. The molecular formula is C21H19Cl2N3O3. The van der Waals surface area contributed by atoms with Gasteiger partial charge < -0.3 is 10.1 Å². The topological polar surface area (TPSA) is 73.2 Å². The molecule has 2 aromatic carbocycles. The van der Waals surface area contributed by atoms with Gasteiger partial charge in [-0.15, -0.1) is 0 Å². The summed E-state index contributed by atoms with van der Waals surface area (Å²) >= 11 is 11.9. The highest BCUT2D eigenvalue weighted by atomic mass is 35.5. The number of carbonyl (C=O) groups is 1. The van der Waals surface area contributed by atoms with Crippen molar-refractivity contribution in [1.82, 2.24) is 9.78 Å². The van der Waals surface area contributed by atoms with Gasteiger partial charge in [0.1, 0.15) is 5.75 Å². The molecule has 29 heavy (non-hydrogen) atoms. The number of halogens is 2. The van der Waals surface area contributed by atoms with Crippen molar-refractivity contribution in [3.05, 3.63) is 75.0 Å². The molecule has 0 aliphatic heterocycles. The molecule has 0 fully saturated rings. The number of anilines is 1. The zero-order valence-electron chi connectivity index (χ0n) is 15.7. The molecule has 1 heterocycles. The van der Waals surface area contributed by atoms with Crippen LogP contribution >= 0.6 is 23.2 Å². The van der Waals surface area contributed by atoms with E-state index in [-0.39, 0.29) is 17.9 Å². The minimum atomic E-state index is -0.223. The highest BCUT2D eigenvalue weighted by molar-refractivity contribution is 6.35. The Morgan fingerprint density at radius 2 is 1.86 bits per heavy atom. The van der Waals surface area contributed by atoms with E-state index in [2.05, 4.69) is 10.4 Å². The van der Waals surface area contributed by atoms with Gasteiger partial charge in [-0.25, -0.2) is 4.68 Å². The summed E-state index contributed by atoms with van der Waals surface area (Å²) in [6.45, 7) is 0.320. The number of aromatic nitrogens is 2. The van der Waals surface area contributed by atoms with Gasteiger partial charge in [0, 0.05) is 40.3 Å². The van der Waals surface area contributed by atoms with Gasteiger partial charge in [-0.1, -0.05) is 35.3 Å². The lowest BCUT2D eigenvalue weighted by molar-refractivity contribution is -0.116. The number of methoxy groups -OCH3 is 1. The molecule has 0 bridgehead atoms. The Morgan fingerprint density at radius 3 is 2.59 bits per heavy atom. The van der Waals surface area contributed by atoms with Gasteiger partial charge in [-0.2, -0.15) is 5.10 Å². The lowest BCUT2D eigenvalue weighted by Crippen LogP contribution is -2.23. The molecule has 0 atom stereocenters. The predicted octanol–water partition coefficient (Wildman–Crippen LogP) is 4.64. The van der Waals surface area contributed by atoms with E-state index in [4.69, 9.17) is 27.9 Å². The summed E-state index contributed by atoms with van der Waals surface area (Å²) in [4.78, 5) is 24.3. The van der Waals surface area contributed by atoms with Crippen molar-refractivity contribution in [1.29, 1.82) is 0 Å². The van der Waals surface area contributed by atoms with Gasteiger partial charge in [0.05, 0.1) is 12.8 Å². The third kappa shape index (κ3) is 5.82. The van der Waals surface area contributed by atoms with Crippen LogP contribution in [-0.4, -0.2) is 22.8 Å². The lowest BCUT2D eigenvalue weighted by atomic mass is 10.1. The summed E-state index contributed by atoms with van der Waals surface area (Å²) in [5, 5.41) is 8.03. The first-order valence-electron chi connectivity index (χ1n) is 8.93. The zero-order chi connectivity index (χ0) is 20.8. The normalized spacial score (nSPS) is 10.6. The summed E-state index contributed by atoms with van der Waals surface area (Å²) in [6, 6.07) is 15.4. The van der Waals surface area contributed by atoms with Crippen LogP contribution < -0.4 is 15.6 Å². The van der Waals surface area contributed by atoms with E-state index in [1.165, 1.54) is 10.7 Å². The fourth-order valence-corrected chi connectivity index (χ4v) is 3.31. The molecule has 1 N–H and O–H groups in total. The van der Waals surface area contributed by atoms with Crippen LogP contribution in [0.4, 0.5) is 5.69 Å². The molecule has 1 aromatic heterocycles. The molecule has 0 saturated carbocycles. The first-order valence-corrected chi connectivity index (χ1v) is 9.69. The van der Waals surface area contributed by atoms with E-state index in [1.807, 2.05) is 24.3 Å². The summed E-state index contributed by atoms with van der Waals surface area (Å²) < 4.78 is 6.59. The lowest BCUT2D eigenvalue weighted by Gasteiger charge is -2.09. The maximum atomic E-state index is 12.2. The van der Waals surface area contributed by atoms with Crippen molar-refractivity contribution >= 4 is 34.8 Å². The van der Waals surface area contributed by atoms with Crippen molar-refractivity contribution < 1.29 is 9.53 Å². The fraction of sp³-hybridized carbons (Fsp3) is 0.190. The van der Waals surface area contributed by atoms with Gasteiger partial charge in [-0.3, -0.25) is 9.59 Å². The molecule has 8 heteroatoms. The van der Waals surface area contributed by atoms with Crippen molar-refractivity contribution in [2.45, 2.75) is 19.4 Å². The number of rotatable bonds is 7. The third-order valence-electron chi connectivity index (χ3n) is 4.15. The van der Waals surface area contributed by atoms with Gasteiger partial charge in [0.15, 0.2) is 0 Å². The quantitative estimate of drug-likeness (QED) is 0.590. The van der Waals surface area contributed by atoms with Gasteiger partial charge in [-0.05, 0) is 42.8 Å². The smallest absolute Gasteiger partial charge is 0.266 e. The number of amides is 1. The van der Waals surface area contributed by atoms with E-state index in [1.54, 1.807) is 31.4 Å². The Balaban J connectivity index is 1.63. The summed E-state index contributed by atoms with van der Waals surface area (Å²) in [6.07, 6.45) is 0.677. The van der Waals surface area contributed by atoms with E-state index < -0.39 is 0 Å². The molecule has 0 aliphatic rings. The molecule has 0 saturated heterocycles. The largest absolute Gasteiger partial charge is 0.497 e. The van der Waals surface area contributed by atoms with E-state index in [0.29, 0.717) is 40.1 Å². The second-order valence-corrected chi connectivity index (χ2v) is 7.19. The Morgan fingerprint density at radius 1 is 1.10 bits per heavy atom. The van der Waals surface area contributed by atoms with Crippen molar-refractivity contribution in [3.63, 3.8) is 0 Å². The van der Waals surface area contributed by atoms with Crippen LogP contribution in [0.2, 0.25) is 10.0 Å². The third-order valence-corrected chi connectivity index (χ3v) is 4.59. The van der Waals surface area contributed by atoms with E-state index in [0.717, 1.165) is 5.56 Å². The Hall–Kier alpha value is -2.83. The van der Waals surface area contributed by atoms with Crippen molar-refractivity contribution in [3.8, 4) is 17.0 Å². The highest BCUT2D eigenvalue weighted by Crippen LogP contribution is 2.23. The number of hydrogen-bond donors (Lipinski definition) is 1. The monoisotopic (exact) mass is 431 g/mol. The van der Waals surface area contributed by atoms with E-state index >= 15 is 0 Å². The number of carbonyl (C=O) groups excluding carboxylic acids is 1. The van der Waals surface area contributed by atoms with Gasteiger partial charge >= 0.3 is 0 Å². The second kappa shape index (κ2) is 9.58. The van der Waals surface area contributed by atoms with Gasteiger partial charge in [0.2, 0.25) is 5.91 Å². The molecule has 0 radical (unpaired) electrons. The van der Waals surface area contributed by atoms with Crippen LogP contribution in [0, 0.1) is 0 Å². The number of ether oxygens (including phenoxy) is 1. The molecule has 6 nitrogen and oxygen atoms in total. The fourth-order valence-electron chi connectivity index (χ4n) is 2.78. The number of benzene rings is 2. The van der Waals surface area contributed by atoms with Crippen LogP contribution in [0.1, 0.15) is 12.8 Å². The first-order chi connectivity index (χ1) is 13.9. The van der Waals surface area contributed by atoms with Crippen molar-refractivity contribution in [2.75, 3.05) is 12.4 Å². The molecule has 1 amide bonds. The van der Waals surface area contributed by atoms with Gasteiger partial charge in [0.25, 0.3) is 5.56 Å². The van der Waals surface area contributed by atoms with E-state index in [9.17, 15) is 9.59 Å².